The smallest absolute Gasteiger partial charge is 0.284 e. The lowest BCUT2D eigenvalue weighted by Crippen LogP contribution is -2.58. The van der Waals surface area contributed by atoms with E-state index in [1.807, 2.05) is 0 Å². The van der Waals surface area contributed by atoms with Crippen molar-refractivity contribution in [2.45, 2.75) is 67.5 Å². The third kappa shape index (κ3) is 4.88. The Hall–Kier alpha value is -2.49. The molecule has 3 aromatic carbocycles. The lowest BCUT2D eigenvalue weighted by Gasteiger charge is -2.56. The monoisotopic (exact) mass is 529 g/mol. The van der Waals surface area contributed by atoms with Gasteiger partial charge in [-0.15, -0.1) is 0 Å². The van der Waals surface area contributed by atoms with Crippen LogP contribution < -0.4 is 0 Å². The predicted octanol–water partition coefficient (Wildman–Crippen LogP) is 8.89. The third-order valence-corrected chi connectivity index (χ3v) is 9.42. The first-order valence-corrected chi connectivity index (χ1v) is 12.9. The van der Waals surface area contributed by atoms with Gasteiger partial charge < -0.3 is 0 Å². The van der Waals surface area contributed by atoms with Crippen molar-refractivity contribution in [1.29, 1.82) is 0 Å². The molecular weight excluding hydrogens is 500 g/mol. The number of rotatable bonds is 8. The van der Waals surface area contributed by atoms with Crippen LogP contribution in [-0.2, 0) is 9.78 Å². The molecule has 0 fully saturated rings. The number of hydrogen-bond donors (Lipinski definition) is 0. The molecule has 2 nitrogen and oxygen atoms in total. The van der Waals surface area contributed by atoms with Crippen LogP contribution in [0.2, 0.25) is 0 Å². The summed E-state index contributed by atoms with van der Waals surface area (Å²) in [6, 6.07) is 20.2. The predicted molar refractivity (Wildman–Crippen MR) is 130 cm³/mol. The van der Waals surface area contributed by atoms with Crippen molar-refractivity contribution in [2.24, 2.45) is 0 Å². The molecule has 36 heavy (non-hydrogen) atoms. The largest absolute Gasteiger partial charge is 0.432 e. The Morgan fingerprint density at radius 2 is 0.917 bits per heavy atom. The van der Waals surface area contributed by atoms with Gasteiger partial charge in [-0.25, -0.2) is 4.31 Å². The molecular formula is C27H29F6NOS. The Balaban J connectivity index is 2.55. The van der Waals surface area contributed by atoms with Gasteiger partial charge in [0, 0.05) is 27.4 Å². The standard InChI is InChI=1S/C27H29F6NOS/c1-20(2)34(21(3)4)36(23-16-10-6-11-17-23,24-18-12-7-13-19-24)35-25(26(28,29)30,27(31,32)33)22-14-8-5-9-15-22/h5-21H,1-4H3. The van der Waals surface area contributed by atoms with E-state index >= 15 is 0 Å². The second-order valence-electron chi connectivity index (χ2n) is 8.83. The van der Waals surface area contributed by atoms with E-state index in [9.17, 15) is 26.3 Å². The van der Waals surface area contributed by atoms with Gasteiger partial charge in [0.1, 0.15) is 0 Å². The van der Waals surface area contributed by atoms with Crippen molar-refractivity contribution in [3.05, 3.63) is 96.6 Å². The molecule has 0 saturated heterocycles. The van der Waals surface area contributed by atoms with Crippen molar-refractivity contribution in [3.8, 4) is 0 Å². The Kier molecular flexibility index (Phi) is 8.17. The van der Waals surface area contributed by atoms with Gasteiger partial charge in [-0.1, -0.05) is 66.7 Å². The number of hydrogen-bond acceptors (Lipinski definition) is 2. The van der Waals surface area contributed by atoms with Crippen LogP contribution >= 0.6 is 10.5 Å². The highest BCUT2D eigenvalue weighted by Gasteiger charge is 2.76. The third-order valence-electron chi connectivity index (χ3n) is 5.66. The van der Waals surface area contributed by atoms with E-state index in [0.717, 1.165) is 24.3 Å². The molecule has 0 heterocycles. The Bertz CT molecular complexity index is 1040. The van der Waals surface area contributed by atoms with Crippen LogP contribution in [0.4, 0.5) is 26.3 Å². The first-order valence-electron chi connectivity index (χ1n) is 11.4. The second kappa shape index (κ2) is 10.5. The second-order valence-corrected chi connectivity index (χ2v) is 11.4. The van der Waals surface area contributed by atoms with E-state index in [1.54, 1.807) is 68.4 Å². The molecule has 0 aliphatic carbocycles. The zero-order valence-corrected chi connectivity index (χ0v) is 21.2. The molecule has 0 aromatic heterocycles. The normalized spacial score (nSPS) is 14.0. The Morgan fingerprint density at radius 3 is 1.22 bits per heavy atom. The molecule has 0 aliphatic rings. The number of benzene rings is 3. The van der Waals surface area contributed by atoms with Gasteiger partial charge in [0.2, 0.25) is 0 Å². The maximum atomic E-state index is 14.9. The molecule has 0 amide bonds. The molecule has 196 valence electrons. The van der Waals surface area contributed by atoms with Gasteiger partial charge in [0.05, 0.1) is 0 Å². The van der Waals surface area contributed by atoms with Crippen molar-refractivity contribution in [1.82, 2.24) is 4.31 Å². The summed E-state index contributed by atoms with van der Waals surface area (Å²) in [5.41, 5.74) is -5.62. The van der Waals surface area contributed by atoms with Crippen molar-refractivity contribution < 1.29 is 30.5 Å². The van der Waals surface area contributed by atoms with Crippen LogP contribution in [0.3, 0.4) is 0 Å². The van der Waals surface area contributed by atoms with Crippen molar-refractivity contribution >= 4 is 10.5 Å². The van der Waals surface area contributed by atoms with E-state index in [2.05, 4.69) is 0 Å². The maximum absolute atomic E-state index is 14.9. The fourth-order valence-electron chi connectivity index (χ4n) is 4.40. The summed E-state index contributed by atoms with van der Waals surface area (Å²) in [6.45, 7) is 6.95. The molecule has 0 aliphatic heterocycles. The Morgan fingerprint density at radius 1 is 0.583 bits per heavy atom. The van der Waals surface area contributed by atoms with Crippen LogP contribution in [0.25, 0.3) is 0 Å². The molecule has 0 atom stereocenters. The van der Waals surface area contributed by atoms with Gasteiger partial charge in [0.25, 0.3) is 5.60 Å². The van der Waals surface area contributed by atoms with Gasteiger partial charge in [-0.05, 0) is 62.5 Å². The molecule has 0 saturated carbocycles. The minimum absolute atomic E-state index is 0.229. The van der Waals surface area contributed by atoms with Gasteiger partial charge in [-0.2, -0.15) is 26.3 Å². The summed E-state index contributed by atoms with van der Waals surface area (Å²) in [4.78, 5) is 0.458. The van der Waals surface area contributed by atoms with Crippen LogP contribution in [0, 0.1) is 0 Å². The molecule has 0 unspecified atom stereocenters. The highest BCUT2D eigenvalue weighted by Crippen LogP contribution is 2.73. The Labute approximate surface area is 209 Å². The summed E-state index contributed by atoms with van der Waals surface area (Å²) < 4.78 is 97.1. The first-order chi connectivity index (χ1) is 16.8. The van der Waals surface area contributed by atoms with Crippen LogP contribution in [-0.4, -0.2) is 28.7 Å². The molecule has 3 aromatic rings. The molecule has 0 spiro atoms. The summed E-state index contributed by atoms with van der Waals surface area (Å²) in [5.74, 6) is 0. The van der Waals surface area contributed by atoms with Gasteiger partial charge in [-0.3, -0.25) is 4.18 Å². The average Bonchev–Trinajstić information content (AvgIpc) is 2.81. The SMILES string of the molecule is CC(C)N(C(C)C)S(OC(c1ccccc1)(C(F)(F)F)C(F)(F)F)(c1ccccc1)c1ccccc1. The highest BCUT2D eigenvalue weighted by atomic mass is 32.3. The molecule has 0 bridgehead atoms. The van der Waals surface area contributed by atoms with Crippen LogP contribution in [0.1, 0.15) is 33.3 Å². The topological polar surface area (TPSA) is 12.5 Å². The summed E-state index contributed by atoms with van der Waals surface area (Å²) in [5, 5.41) is 0. The van der Waals surface area contributed by atoms with Gasteiger partial charge in [0.15, 0.2) is 0 Å². The lowest BCUT2D eigenvalue weighted by molar-refractivity contribution is -0.364. The molecule has 0 radical (unpaired) electrons. The van der Waals surface area contributed by atoms with Crippen molar-refractivity contribution in [2.75, 3.05) is 0 Å². The minimum atomic E-state index is -5.83. The van der Waals surface area contributed by atoms with E-state index in [0.29, 0.717) is 0 Å². The summed E-state index contributed by atoms with van der Waals surface area (Å²) in [7, 11) is -3.57. The van der Waals surface area contributed by atoms with Gasteiger partial charge >= 0.3 is 12.4 Å². The highest BCUT2D eigenvalue weighted by molar-refractivity contribution is 8.28. The quantitative estimate of drug-likeness (QED) is 0.270. The average molecular weight is 530 g/mol. The summed E-state index contributed by atoms with van der Waals surface area (Å²) in [6.07, 6.45) is -11.7. The van der Waals surface area contributed by atoms with Crippen LogP contribution in [0.15, 0.2) is 101 Å². The lowest BCUT2D eigenvalue weighted by atomic mass is 9.92. The number of alkyl halides is 6. The molecule has 0 N–H and O–H groups in total. The number of nitrogens with zero attached hydrogens (tertiary/aromatic N) is 1. The fourth-order valence-corrected chi connectivity index (χ4v) is 8.33. The molecule has 3 rings (SSSR count). The van der Waals surface area contributed by atoms with Crippen molar-refractivity contribution in [3.63, 3.8) is 0 Å². The van der Waals surface area contributed by atoms with E-state index in [1.165, 1.54) is 30.3 Å². The minimum Gasteiger partial charge on any atom is -0.284 e. The van der Waals surface area contributed by atoms with E-state index in [4.69, 9.17) is 4.18 Å². The zero-order valence-electron chi connectivity index (χ0n) is 20.3. The zero-order chi connectivity index (χ0) is 26.8. The van der Waals surface area contributed by atoms with Crippen LogP contribution in [0.5, 0.6) is 0 Å². The summed E-state index contributed by atoms with van der Waals surface area (Å²) >= 11 is 0. The number of halogens is 6. The van der Waals surface area contributed by atoms with E-state index < -0.39 is 46.1 Å². The van der Waals surface area contributed by atoms with E-state index in [-0.39, 0.29) is 9.79 Å². The first kappa shape index (κ1) is 28.1. The fraction of sp³-hybridized carbons (Fsp3) is 0.333. The maximum Gasteiger partial charge on any atom is 0.432 e. The molecule has 9 heteroatoms.